The third-order valence-electron chi connectivity index (χ3n) is 5.85. The normalized spacial score (nSPS) is 16.2. The summed E-state index contributed by atoms with van der Waals surface area (Å²) in [5.41, 5.74) is 1.34. The van der Waals surface area contributed by atoms with Crippen LogP contribution in [0, 0.1) is 17.2 Å². The van der Waals surface area contributed by atoms with E-state index in [0.29, 0.717) is 11.3 Å². The molecule has 1 aromatic heterocycles. The summed E-state index contributed by atoms with van der Waals surface area (Å²) < 4.78 is 5.77. The van der Waals surface area contributed by atoms with Crippen molar-refractivity contribution in [2.75, 3.05) is 20.6 Å². The number of amides is 2. The molecule has 2 amide bonds. The third kappa shape index (κ3) is 6.21. The Hall–Kier alpha value is -3.11. The Morgan fingerprint density at radius 1 is 1.09 bits per heavy atom. The van der Waals surface area contributed by atoms with E-state index in [9.17, 15) is 9.59 Å². The minimum Gasteiger partial charge on any atom is -0.451 e. The molecule has 1 saturated carbocycles. The highest BCUT2D eigenvalue weighted by Gasteiger charge is 2.32. The summed E-state index contributed by atoms with van der Waals surface area (Å²) in [7, 11) is 3.93. The molecule has 0 spiro atoms. The van der Waals surface area contributed by atoms with Gasteiger partial charge in [-0.15, -0.1) is 0 Å². The third-order valence-corrected chi connectivity index (χ3v) is 5.85. The zero-order valence-electron chi connectivity index (χ0n) is 19.1. The molecule has 7 heteroatoms. The second-order valence-electron chi connectivity index (χ2n) is 8.87. The SMILES string of the molecule is CC(CN(C)C)NC(=O)C(NC(=O)c1ccc(-c2ccc(C#N)cc2)o1)C1CCCCC1. The van der Waals surface area contributed by atoms with E-state index >= 15 is 0 Å². The van der Waals surface area contributed by atoms with Crippen LogP contribution in [0.15, 0.2) is 40.8 Å². The van der Waals surface area contributed by atoms with Crippen LogP contribution < -0.4 is 10.6 Å². The highest BCUT2D eigenvalue weighted by Crippen LogP contribution is 2.28. The Bertz CT molecular complexity index is 952. The molecule has 1 heterocycles. The van der Waals surface area contributed by atoms with Gasteiger partial charge in [0.25, 0.3) is 5.91 Å². The van der Waals surface area contributed by atoms with Gasteiger partial charge in [-0.25, -0.2) is 0 Å². The molecule has 3 rings (SSSR count). The second-order valence-corrected chi connectivity index (χ2v) is 8.87. The van der Waals surface area contributed by atoms with Gasteiger partial charge in [-0.2, -0.15) is 5.26 Å². The summed E-state index contributed by atoms with van der Waals surface area (Å²) >= 11 is 0. The number of nitrogens with zero attached hydrogens (tertiary/aromatic N) is 2. The van der Waals surface area contributed by atoms with Crippen molar-refractivity contribution in [3.8, 4) is 17.4 Å². The maximum atomic E-state index is 13.1. The Morgan fingerprint density at radius 3 is 2.41 bits per heavy atom. The number of nitrogens with one attached hydrogen (secondary N) is 2. The Morgan fingerprint density at radius 2 is 1.78 bits per heavy atom. The van der Waals surface area contributed by atoms with Crippen molar-refractivity contribution in [3.05, 3.63) is 47.7 Å². The molecule has 0 bridgehead atoms. The minimum absolute atomic E-state index is 0.0212. The number of carbonyl (C=O) groups excluding carboxylic acids is 2. The molecule has 1 aromatic carbocycles. The Labute approximate surface area is 189 Å². The number of benzene rings is 1. The lowest BCUT2D eigenvalue weighted by molar-refractivity contribution is -0.125. The molecule has 2 N–H and O–H groups in total. The molecular formula is C25H32N4O3. The summed E-state index contributed by atoms with van der Waals surface area (Å²) in [5, 5.41) is 14.9. The molecule has 1 fully saturated rings. The number of likely N-dealkylation sites (N-methyl/N-ethyl adjacent to an activating group) is 1. The molecule has 0 aliphatic heterocycles. The fourth-order valence-corrected chi connectivity index (χ4v) is 4.33. The van der Waals surface area contributed by atoms with Gasteiger partial charge in [-0.05, 0) is 76.2 Å². The lowest BCUT2D eigenvalue weighted by Crippen LogP contribution is -2.54. The molecule has 1 aliphatic rings. The van der Waals surface area contributed by atoms with Crippen LogP contribution >= 0.6 is 0 Å². The Balaban J connectivity index is 1.72. The largest absolute Gasteiger partial charge is 0.451 e. The standard InChI is InChI=1S/C25H32N4O3/c1-17(16-29(2)3)27-25(31)23(20-7-5-4-6-8-20)28-24(30)22-14-13-21(32-22)19-11-9-18(15-26)10-12-19/h9-14,17,20,23H,4-8,16H2,1-3H3,(H,27,31)(H,28,30). The molecule has 32 heavy (non-hydrogen) atoms. The van der Waals surface area contributed by atoms with E-state index in [0.717, 1.165) is 37.8 Å². The van der Waals surface area contributed by atoms with Crippen LogP contribution in [0.3, 0.4) is 0 Å². The van der Waals surface area contributed by atoms with Gasteiger partial charge >= 0.3 is 0 Å². The topological polar surface area (TPSA) is 98.4 Å². The number of rotatable bonds is 8. The number of nitriles is 1. The Kier molecular flexibility index (Phi) is 8.07. The highest BCUT2D eigenvalue weighted by atomic mass is 16.4. The van der Waals surface area contributed by atoms with Crippen molar-refractivity contribution >= 4 is 11.8 Å². The predicted octanol–water partition coefficient (Wildman–Crippen LogP) is 3.56. The molecule has 7 nitrogen and oxygen atoms in total. The summed E-state index contributed by atoms with van der Waals surface area (Å²) in [6.45, 7) is 2.69. The van der Waals surface area contributed by atoms with Gasteiger partial charge in [0.1, 0.15) is 11.8 Å². The maximum Gasteiger partial charge on any atom is 0.287 e. The van der Waals surface area contributed by atoms with Crippen LogP contribution in [0.25, 0.3) is 11.3 Å². The fraction of sp³-hybridized carbons (Fsp3) is 0.480. The van der Waals surface area contributed by atoms with E-state index < -0.39 is 11.9 Å². The van der Waals surface area contributed by atoms with Crippen LogP contribution in [0.1, 0.15) is 55.1 Å². The van der Waals surface area contributed by atoms with Gasteiger partial charge in [-0.3, -0.25) is 9.59 Å². The quantitative estimate of drug-likeness (QED) is 0.659. The number of hydrogen-bond acceptors (Lipinski definition) is 5. The van der Waals surface area contributed by atoms with Crippen molar-refractivity contribution in [2.45, 2.75) is 51.1 Å². The van der Waals surface area contributed by atoms with E-state index in [1.165, 1.54) is 6.42 Å². The number of carbonyl (C=O) groups is 2. The molecule has 2 unspecified atom stereocenters. The summed E-state index contributed by atoms with van der Waals surface area (Å²) in [5.74, 6) is 0.291. The molecule has 2 aromatic rings. The first-order valence-corrected chi connectivity index (χ1v) is 11.2. The summed E-state index contributed by atoms with van der Waals surface area (Å²) in [6, 6.07) is 11.8. The van der Waals surface area contributed by atoms with Crippen molar-refractivity contribution in [2.24, 2.45) is 5.92 Å². The fourth-order valence-electron chi connectivity index (χ4n) is 4.33. The van der Waals surface area contributed by atoms with Crippen molar-refractivity contribution in [3.63, 3.8) is 0 Å². The van der Waals surface area contributed by atoms with Crippen LogP contribution in [0.5, 0.6) is 0 Å². The van der Waals surface area contributed by atoms with E-state index in [-0.39, 0.29) is 23.6 Å². The highest BCUT2D eigenvalue weighted by molar-refractivity contribution is 5.96. The van der Waals surface area contributed by atoms with Gasteiger partial charge in [0.2, 0.25) is 5.91 Å². The van der Waals surface area contributed by atoms with E-state index in [1.54, 1.807) is 36.4 Å². The first-order chi connectivity index (χ1) is 15.4. The summed E-state index contributed by atoms with van der Waals surface area (Å²) in [6.07, 6.45) is 5.16. The van der Waals surface area contributed by atoms with Gasteiger partial charge in [0, 0.05) is 18.2 Å². The van der Waals surface area contributed by atoms with Gasteiger partial charge < -0.3 is 20.0 Å². The van der Waals surface area contributed by atoms with Crippen LogP contribution in [-0.4, -0.2) is 49.4 Å². The molecular weight excluding hydrogens is 404 g/mol. The van der Waals surface area contributed by atoms with Gasteiger partial charge in [-0.1, -0.05) is 19.3 Å². The smallest absolute Gasteiger partial charge is 0.287 e. The zero-order valence-corrected chi connectivity index (χ0v) is 19.1. The summed E-state index contributed by atoms with van der Waals surface area (Å²) in [4.78, 5) is 28.1. The van der Waals surface area contributed by atoms with Crippen molar-refractivity contribution in [1.29, 1.82) is 5.26 Å². The average Bonchev–Trinajstić information content (AvgIpc) is 3.27. The van der Waals surface area contributed by atoms with Crippen LogP contribution in [0.4, 0.5) is 0 Å². The van der Waals surface area contributed by atoms with Gasteiger partial charge in [0.05, 0.1) is 11.6 Å². The average molecular weight is 437 g/mol. The lowest BCUT2D eigenvalue weighted by Gasteiger charge is -2.31. The van der Waals surface area contributed by atoms with E-state index in [1.807, 2.05) is 25.9 Å². The first kappa shape index (κ1) is 23.6. The molecule has 0 saturated heterocycles. The molecule has 170 valence electrons. The van der Waals surface area contributed by atoms with Gasteiger partial charge in [0.15, 0.2) is 5.76 Å². The van der Waals surface area contributed by atoms with Crippen molar-refractivity contribution < 1.29 is 14.0 Å². The van der Waals surface area contributed by atoms with Crippen LogP contribution in [0.2, 0.25) is 0 Å². The zero-order chi connectivity index (χ0) is 23.1. The van der Waals surface area contributed by atoms with E-state index in [4.69, 9.17) is 9.68 Å². The number of furan rings is 1. The maximum absolute atomic E-state index is 13.1. The predicted molar refractivity (Wildman–Crippen MR) is 123 cm³/mol. The first-order valence-electron chi connectivity index (χ1n) is 11.2. The molecule has 1 aliphatic carbocycles. The van der Waals surface area contributed by atoms with E-state index in [2.05, 4.69) is 16.7 Å². The minimum atomic E-state index is -0.587. The monoisotopic (exact) mass is 436 g/mol. The van der Waals surface area contributed by atoms with Crippen molar-refractivity contribution in [1.82, 2.24) is 15.5 Å². The second kappa shape index (κ2) is 11.0. The molecule has 2 atom stereocenters. The lowest BCUT2D eigenvalue weighted by atomic mass is 9.83. The number of hydrogen-bond donors (Lipinski definition) is 2. The van der Waals surface area contributed by atoms with Crippen LogP contribution in [-0.2, 0) is 4.79 Å². The molecule has 0 radical (unpaired) electrons.